The summed E-state index contributed by atoms with van der Waals surface area (Å²) >= 11 is 0.874. The number of carbonyl (C=O) groups excluding carboxylic acids is 13. The van der Waals surface area contributed by atoms with E-state index in [4.69, 9.17) is 17.2 Å². The number of unbranched alkanes of at least 4 members (excludes halogenated alkanes) is 2. The molecule has 7 rings (SSSR count). The fourth-order valence-corrected chi connectivity index (χ4v) is 13.5. The molecule has 1 aliphatic heterocycles. The zero-order chi connectivity index (χ0) is 79.6. The number of aromatic nitrogens is 3. The maximum Gasteiger partial charge on any atom is 0.245 e. The molecule has 23 N–H and O–H groups in total. The van der Waals surface area contributed by atoms with Gasteiger partial charge in [-0.3, -0.25) is 62.3 Å². The summed E-state index contributed by atoms with van der Waals surface area (Å²) < 4.78 is 0. The number of amides is 13. The third-order valence-corrected chi connectivity index (χ3v) is 20.2. The zero-order valence-corrected chi connectivity index (χ0v) is 63.3. The number of aromatic amines is 3. The van der Waals surface area contributed by atoms with Crippen LogP contribution in [-0.2, 0) is 81.6 Å². The fraction of sp³-hybridized carbons (Fsp3) is 0.507. The van der Waals surface area contributed by atoms with Crippen LogP contribution >= 0.6 is 11.8 Å². The molecule has 0 aliphatic carbocycles. The molecule has 3 aromatic heterocycles. The molecule has 1 saturated heterocycles. The zero-order valence-electron chi connectivity index (χ0n) is 62.5. The van der Waals surface area contributed by atoms with E-state index in [0.29, 0.717) is 75.1 Å². The Balaban J connectivity index is 1.25. The van der Waals surface area contributed by atoms with Crippen LogP contribution in [0.5, 0.6) is 0 Å². The number of carbonyl (C=O) groups is 13. The molecule has 3 aromatic carbocycles. The number of aliphatic hydroxyl groups excluding tert-OH is 2. The van der Waals surface area contributed by atoms with Gasteiger partial charge in [0.15, 0.2) is 0 Å². The minimum atomic E-state index is -1.81. The number of fused-ring (bicyclic) bond motifs is 3. The van der Waals surface area contributed by atoms with Gasteiger partial charge in [0, 0.05) is 76.3 Å². The first-order valence-corrected chi connectivity index (χ1v) is 38.0. The predicted molar refractivity (Wildman–Crippen MR) is 410 cm³/mol. The van der Waals surface area contributed by atoms with Crippen LogP contribution in [-0.4, -0.2) is 212 Å². The first kappa shape index (κ1) is 85.8. The van der Waals surface area contributed by atoms with Gasteiger partial charge >= 0.3 is 0 Å². The van der Waals surface area contributed by atoms with Crippen molar-refractivity contribution in [3.63, 3.8) is 0 Å². The molecule has 0 spiro atoms. The van der Waals surface area contributed by atoms with Gasteiger partial charge in [0.1, 0.15) is 66.5 Å². The van der Waals surface area contributed by atoms with Gasteiger partial charge in [-0.1, -0.05) is 103 Å². The van der Waals surface area contributed by atoms with E-state index in [-0.39, 0.29) is 57.4 Å². The lowest BCUT2D eigenvalue weighted by Gasteiger charge is -2.30. The third kappa shape index (κ3) is 24.5. The van der Waals surface area contributed by atoms with Crippen LogP contribution in [0.25, 0.3) is 32.7 Å². The third-order valence-electron chi connectivity index (χ3n) is 19.2. The lowest BCUT2D eigenvalue weighted by atomic mass is 9.96. The summed E-state index contributed by atoms with van der Waals surface area (Å²) in [7, 11) is 0. The summed E-state index contributed by atoms with van der Waals surface area (Å²) in [6.07, 6.45) is 4.30. The van der Waals surface area contributed by atoms with E-state index in [1.807, 2.05) is 18.2 Å². The summed E-state index contributed by atoms with van der Waals surface area (Å²) in [4.78, 5) is 197. The van der Waals surface area contributed by atoms with Crippen molar-refractivity contribution < 1.29 is 72.5 Å². The molecule has 13 amide bonds. The van der Waals surface area contributed by atoms with Gasteiger partial charge in [-0.25, -0.2) is 0 Å². The van der Waals surface area contributed by atoms with E-state index in [1.165, 1.54) is 6.92 Å². The highest BCUT2D eigenvalue weighted by Gasteiger charge is 2.39. The van der Waals surface area contributed by atoms with Crippen molar-refractivity contribution in [1.82, 2.24) is 78.8 Å². The number of H-pyrrole nitrogens is 3. The average molecular weight is 1530 g/mol. The Hall–Kier alpha value is -10.4. The number of rotatable bonds is 21. The highest BCUT2D eigenvalue weighted by Crippen LogP contribution is 2.24. The molecule has 0 radical (unpaired) electrons. The Morgan fingerprint density at radius 1 is 0.450 bits per heavy atom. The molecule has 1 aliphatic rings. The smallest absolute Gasteiger partial charge is 0.245 e. The van der Waals surface area contributed by atoms with Gasteiger partial charge in [0.2, 0.25) is 76.8 Å². The molecule has 13 atom stereocenters. The normalized spacial score (nSPS) is 24.0. The lowest BCUT2D eigenvalue weighted by molar-refractivity contribution is -0.137. The monoisotopic (exact) mass is 1530 g/mol. The molecule has 0 bridgehead atoms. The quantitative estimate of drug-likeness (QED) is 0.0378. The molecule has 109 heavy (non-hydrogen) atoms. The fourth-order valence-electron chi connectivity index (χ4n) is 12.7. The van der Waals surface area contributed by atoms with Crippen LogP contribution in [0.1, 0.15) is 110 Å². The SMILES string of the molecule is CC[C@H](C)[C@@H]1NC(=O)[C@H](Cc2c[nH]c3ccccc23)NC(=O)CSC[C@@H](C(N)=O)NC(=O)[C@H](C(C)C)NC(=O)[C@H](Cc2c[nH]c3ccccc23)NC(=O)[C@H](CCCCN)NC(=O)[C@H](C(C)C)NC(=O)[C@H](Cc2c[nH]c3ccccc23)NC(=O)[C@H]([C@@H](C)O)NC(=O)[C@H](CCCCN)NC(=O)CNC(=O)[C@H](CO)NC1=O. The summed E-state index contributed by atoms with van der Waals surface area (Å²) in [5.74, 6) is -14.6. The van der Waals surface area contributed by atoms with Gasteiger partial charge in [0.05, 0.1) is 25.0 Å². The Morgan fingerprint density at radius 2 is 0.817 bits per heavy atom. The van der Waals surface area contributed by atoms with Crippen molar-refractivity contribution in [1.29, 1.82) is 0 Å². The van der Waals surface area contributed by atoms with Crippen LogP contribution in [0, 0.1) is 17.8 Å². The maximum atomic E-state index is 15.0. The van der Waals surface area contributed by atoms with Crippen molar-refractivity contribution in [2.24, 2.45) is 35.0 Å². The number of hydrogen-bond acceptors (Lipinski definition) is 18. The Bertz CT molecular complexity index is 4160. The van der Waals surface area contributed by atoms with Gasteiger partial charge in [0.25, 0.3) is 0 Å². The first-order valence-electron chi connectivity index (χ1n) is 36.9. The second kappa shape index (κ2) is 41.8. The van der Waals surface area contributed by atoms with Crippen LogP contribution in [0.2, 0.25) is 0 Å². The van der Waals surface area contributed by atoms with Gasteiger partial charge in [-0.15, -0.1) is 11.8 Å². The van der Waals surface area contributed by atoms with Crippen LogP contribution in [0.4, 0.5) is 0 Å². The van der Waals surface area contributed by atoms with E-state index in [0.717, 1.165) is 11.8 Å². The second-order valence-electron chi connectivity index (χ2n) is 28.2. The number of benzene rings is 3. The molecular weight excluding hydrogens is 1430 g/mol. The number of nitrogens with one attached hydrogen (secondary N) is 15. The van der Waals surface area contributed by atoms with Crippen LogP contribution in [0.15, 0.2) is 91.4 Å². The van der Waals surface area contributed by atoms with Crippen molar-refractivity contribution >= 4 is 121 Å². The van der Waals surface area contributed by atoms with Crippen molar-refractivity contribution in [2.75, 3.05) is 37.7 Å². The van der Waals surface area contributed by atoms with E-state index in [1.54, 1.807) is 115 Å². The number of nitrogens with two attached hydrogens (primary N) is 3. The van der Waals surface area contributed by atoms with Crippen LogP contribution < -0.4 is 81.0 Å². The summed E-state index contributed by atoms with van der Waals surface area (Å²) in [5.41, 5.74) is 21.4. The number of hydrogen-bond donors (Lipinski definition) is 20. The molecule has 592 valence electrons. The number of thioether (sulfide) groups is 1. The molecule has 0 saturated carbocycles. The first-order chi connectivity index (χ1) is 52.0. The number of primary amides is 1. The average Bonchev–Trinajstić information content (AvgIpc) is 1.51. The predicted octanol–water partition coefficient (Wildman–Crippen LogP) is -1.17. The molecule has 6 aromatic rings. The topological polar surface area (TPSA) is 532 Å². The Morgan fingerprint density at radius 3 is 1.26 bits per heavy atom. The van der Waals surface area contributed by atoms with Crippen molar-refractivity contribution in [2.45, 2.75) is 185 Å². The molecule has 34 heteroatoms. The minimum Gasteiger partial charge on any atom is -0.394 e. The van der Waals surface area contributed by atoms with Gasteiger partial charge in [-0.2, -0.15) is 0 Å². The van der Waals surface area contributed by atoms with Crippen molar-refractivity contribution in [3.05, 3.63) is 108 Å². The van der Waals surface area contributed by atoms with Crippen LogP contribution in [0.3, 0.4) is 0 Å². The Labute approximate surface area is 635 Å². The summed E-state index contributed by atoms with van der Waals surface area (Å²) in [6.45, 7) is 9.68. The van der Waals surface area contributed by atoms with Gasteiger partial charge < -0.3 is 106 Å². The molecule has 1 fully saturated rings. The maximum absolute atomic E-state index is 15.0. The van der Waals surface area contributed by atoms with E-state index >= 15 is 4.79 Å². The molecular formula is C75H106N18O15S. The number of para-hydroxylation sites is 3. The summed E-state index contributed by atoms with van der Waals surface area (Å²) in [5, 5.41) is 55.5. The standard InChI is InChI=1S/C75H106N18O15S/c1-8-41(6)63-74(107)88-57(36-94)66(99)82-35-59(96)83-52(25-15-17-27-76)68(101)93-64(42(7)95)75(108)87-56(31-45-34-81-51-24-14-11-21-48(45)51)71(104)90-61(39(2)3)72(105)85-53(26-16-18-28-77)67(100)86-55(30-44-33-80-50-23-13-10-20-47(44)50)70(103)91-62(40(4)5)73(106)89-58(65(78)98)37-109-38-60(97)84-54(69(102)92-63)29-43-32-79-49-22-12-9-19-46(43)49/h9-14,19-24,32-34,39-42,52-58,61-64,79-81,94-95H,8,15-18,25-31,35-38,76-77H2,1-7H3,(H2,78,98)(H,82,99)(H,83,96)(H,84,97)(H,85,105)(H,86,100)(H,87,108)(H,88,107)(H,89,106)(H,90,104)(H,91,103)(H,92,102)(H,93,101)/t41-,42+,52-,53-,54-,55-,56-,57-,58-,61-,62-,63-,64-/m0/s1. The number of aliphatic hydroxyl groups is 2. The summed E-state index contributed by atoms with van der Waals surface area (Å²) in [6, 6.07) is 5.12. The minimum absolute atomic E-state index is 0.0232. The van der Waals surface area contributed by atoms with E-state index in [2.05, 4.69) is 78.8 Å². The van der Waals surface area contributed by atoms with E-state index < -0.39 is 186 Å². The molecule has 33 nitrogen and oxygen atoms in total. The van der Waals surface area contributed by atoms with Gasteiger partial charge in [-0.05, 0) is 111 Å². The lowest BCUT2D eigenvalue weighted by Crippen LogP contribution is -2.62. The van der Waals surface area contributed by atoms with Crippen molar-refractivity contribution in [3.8, 4) is 0 Å². The van der Waals surface area contributed by atoms with E-state index in [9.17, 15) is 67.7 Å². The highest BCUT2D eigenvalue weighted by atomic mass is 32.2. The molecule has 0 unspecified atom stereocenters. The highest BCUT2D eigenvalue weighted by molar-refractivity contribution is 8.00. The second-order valence-corrected chi connectivity index (χ2v) is 29.2. The Kier molecular flexibility index (Phi) is 32.9. The molecule has 4 heterocycles. The largest absolute Gasteiger partial charge is 0.394 e.